The Kier molecular flexibility index (Phi) is 50.7. The molecule has 0 aromatic rings. The van der Waals surface area contributed by atoms with E-state index in [1.165, 1.54) is 38.5 Å². The van der Waals surface area contributed by atoms with E-state index < -0.39 is 6.10 Å². The zero-order valence-corrected chi connectivity index (χ0v) is 43.2. The molecule has 0 aliphatic heterocycles. The Morgan fingerprint density at radius 2 is 0.609 bits per heavy atom. The molecule has 69 heavy (non-hydrogen) atoms. The van der Waals surface area contributed by atoms with E-state index in [0.717, 1.165) is 83.5 Å². The van der Waals surface area contributed by atoms with Crippen molar-refractivity contribution in [2.75, 3.05) is 13.2 Å². The Bertz CT molecular complexity index is 1700. The molecule has 0 heterocycles. The van der Waals surface area contributed by atoms with Gasteiger partial charge >= 0.3 is 17.9 Å². The van der Waals surface area contributed by atoms with Crippen LogP contribution in [0.3, 0.4) is 0 Å². The Balaban J connectivity index is 4.61. The first-order chi connectivity index (χ1) is 34.0. The first-order valence-electron chi connectivity index (χ1n) is 26.5. The van der Waals surface area contributed by atoms with Gasteiger partial charge in [-0.15, -0.1) is 0 Å². The molecule has 1 unspecified atom stereocenters. The first-order valence-corrected chi connectivity index (χ1v) is 26.5. The number of ether oxygens (including phenoxy) is 3. The van der Waals surface area contributed by atoms with Crippen LogP contribution in [0.1, 0.15) is 175 Å². The largest absolute Gasteiger partial charge is 0.462 e. The summed E-state index contributed by atoms with van der Waals surface area (Å²) in [6.45, 7) is 6.10. The lowest BCUT2D eigenvalue weighted by molar-refractivity contribution is -0.167. The third-order valence-corrected chi connectivity index (χ3v) is 10.2. The minimum atomic E-state index is -0.840. The Hall–Kier alpha value is -5.49. The van der Waals surface area contributed by atoms with Crippen molar-refractivity contribution in [2.45, 2.75) is 181 Å². The lowest BCUT2D eigenvalue weighted by Crippen LogP contribution is -2.30. The maximum absolute atomic E-state index is 12.8. The third-order valence-electron chi connectivity index (χ3n) is 10.2. The van der Waals surface area contributed by atoms with E-state index in [-0.39, 0.29) is 50.4 Å². The Morgan fingerprint density at radius 3 is 1.06 bits per heavy atom. The summed E-state index contributed by atoms with van der Waals surface area (Å²) in [5.74, 6) is -1.08. The fourth-order valence-electron chi connectivity index (χ4n) is 6.35. The van der Waals surface area contributed by atoms with Gasteiger partial charge in [0.15, 0.2) is 6.10 Å². The molecule has 0 amide bonds. The molecule has 0 aromatic carbocycles. The van der Waals surface area contributed by atoms with Crippen molar-refractivity contribution in [3.05, 3.63) is 182 Å². The van der Waals surface area contributed by atoms with Gasteiger partial charge in [0.25, 0.3) is 0 Å². The van der Waals surface area contributed by atoms with Gasteiger partial charge in [0.2, 0.25) is 0 Å². The smallest absolute Gasteiger partial charge is 0.306 e. The second kappa shape index (κ2) is 55.1. The van der Waals surface area contributed by atoms with E-state index in [9.17, 15) is 14.4 Å². The normalized spacial score (nSPS) is 13.6. The number of rotatable bonds is 44. The highest BCUT2D eigenvalue weighted by molar-refractivity contribution is 5.71. The molecule has 0 rings (SSSR count). The molecule has 6 heteroatoms. The quantitative estimate of drug-likeness (QED) is 0.0199. The fraction of sp³-hybridized carbons (Fsp3) is 0.476. The predicted octanol–water partition coefficient (Wildman–Crippen LogP) is 17.7. The average molecular weight is 945 g/mol. The van der Waals surface area contributed by atoms with Crippen LogP contribution in [-0.2, 0) is 28.6 Å². The molecule has 0 aromatic heterocycles. The zero-order valence-electron chi connectivity index (χ0n) is 43.2. The van der Waals surface area contributed by atoms with Gasteiger partial charge in [0, 0.05) is 19.3 Å². The van der Waals surface area contributed by atoms with Crippen molar-refractivity contribution < 1.29 is 28.6 Å². The molecule has 0 spiro atoms. The zero-order chi connectivity index (χ0) is 50.0. The summed E-state index contributed by atoms with van der Waals surface area (Å²) in [5, 5.41) is 0. The van der Waals surface area contributed by atoms with Gasteiger partial charge in [-0.3, -0.25) is 14.4 Å². The van der Waals surface area contributed by atoms with Crippen molar-refractivity contribution >= 4 is 17.9 Å². The van der Waals surface area contributed by atoms with Crippen LogP contribution in [0.2, 0.25) is 0 Å². The van der Waals surface area contributed by atoms with Crippen molar-refractivity contribution in [2.24, 2.45) is 0 Å². The molecule has 0 saturated heterocycles. The molecule has 0 aliphatic carbocycles. The van der Waals surface area contributed by atoms with Crippen LogP contribution < -0.4 is 0 Å². The number of carbonyl (C=O) groups excluding carboxylic acids is 3. The molecular weight excluding hydrogens is 853 g/mol. The van der Waals surface area contributed by atoms with Crippen LogP contribution in [0.4, 0.5) is 0 Å². The number of carbonyl (C=O) groups is 3. The second-order valence-corrected chi connectivity index (χ2v) is 16.6. The number of unbranched alkanes of at least 4 members (excludes halogenated alkanes) is 13. The average Bonchev–Trinajstić information content (AvgIpc) is 3.35. The summed E-state index contributed by atoms with van der Waals surface area (Å²) in [4.78, 5) is 38.0. The standard InChI is InChI=1S/C63H92O6/c1-4-7-10-13-16-19-22-25-27-29-31-33-35-38-41-44-47-50-53-56-62(65)68-59-60(58-67-61(64)55-52-49-46-43-40-37-24-21-18-15-12-9-6-3)69-63(66)57-54-51-48-45-42-39-36-34-32-30-28-26-23-20-17-14-11-8-5-2/h7-13,15-22,24-29,31,33,35,37-38,40-41,43,46,60H,4-6,14,23,30,32,34,36,39,42,44-45,47-59H2,1-3H3/b10-7+,11-8+,12-9+,16-13+,18-15+,20-17+,22-19+,24-21+,27-25+,28-26+,31-29+,35-33+,40-37+,41-38+,46-43+. The number of allylic oxidation sites excluding steroid dienone is 30. The molecule has 0 aliphatic rings. The molecule has 0 saturated carbocycles. The minimum Gasteiger partial charge on any atom is -0.462 e. The van der Waals surface area contributed by atoms with Crippen molar-refractivity contribution in [1.29, 1.82) is 0 Å². The summed E-state index contributed by atoms with van der Waals surface area (Å²) in [6.07, 6.45) is 83.1. The van der Waals surface area contributed by atoms with Gasteiger partial charge in [-0.25, -0.2) is 0 Å². The highest BCUT2D eigenvalue weighted by Gasteiger charge is 2.19. The van der Waals surface area contributed by atoms with E-state index in [1.54, 1.807) is 0 Å². The van der Waals surface area contributed by atoms with Crippen LogP contribution in [0.25, 0.3) is 0 Å². The maximum Gasteiger partial charge on any atom is 0.306 e. The van der Waals surface area contributed by atoms with Crippen LogP contribution in [0, 0.1) is 0 Å². The molecule has 6 nitrogen and oxygen atoms in total. The SMILES string of the molecule is CC/C=C/C=C/C=C/C=C/C=C/C=C/C=C/CCCCCC(=O)OCC(COC(=O)CCC/C=C/C=C/C=C/C=C/C=C/CC)OC(=O)CCCCCCCCCCC/C=C/C/C=C/C/C=C/CC. The lowest BCUT2D eigenvalue weighted by atomic mass is 10.1. The molecule has 380 valence electrons. The van der Waals surface area contributed by atoms with E-state index in [2.05, 4.69) is 75.5 Å². The van der Waals surface area contributed by atoms with Crippen LogP contribution in [0.15, 0.2) is 182 Å². The van der Waals surface area contributed by atoms with Gasteiger partial charge < -0.3 is 14.2 Å². The number of esters is 3. The van der Waals surface area contributed by atoms with Gasteiger partial charge in [-0.2, -0.15) is 0 Å². The highest BCUT2D eigenvalue weighted by Crippen LogP contribution is 2.13. The maximum atomic E-state index is 12.8. The van der Waals surface area contributed by atoms with E-state index in [4.69, 9.17) is 14.2 Å². The van der Waals surface area contributed by atoms with E-state index >= 15 is 0 Å². The minimum absolute atomic E-state index is 0.137. The summed E-state index contributed by atoms with van der Waals surface area (Å²) < 4.78 is 16.7. The van der Waals surface area contributed by atoms with Crippen LogP contribution in [0.5, 0.6) is 0 Å². The van der Waals surface area contributed by atoms with Crippen LogP contribution >= 0.6 is 0 Å². The third kappa shape index (κ3) is 53.3. The van der Waals surface area contributed by atoms with Crippen LogP contribution in [-0.4, -0.2) is 37.2 Å². The first kappa shape index (κ1) is 63.5. The van der Waals surface area contributed by atoms with Crippen molar-refractivity contribution in [1.82, 2.24) is 0 Å². The summed E-state index contributed by atoms with van der Waals surface area (Å²) in [7, 11) is 0. The van der Waals surface area contributed by atoms with Gasteiger partial charge in [-0.1, -0.05) is 254 Å². The summed E-state index contributed by atoms with van der Waals surface area (Å²) in [5.41, 5.74) is 0. The molecule has 0 N–H and O–H groups in total. The Labute approximate surface area is 421 Å². The molecule has 0 bridgehead atoms. The monoisotopic (exact) mass is 945 g/mol. The summed E-state index contributed by atoms with van der Waals surface area (Å²) in [6, 6.07) is 0. The second-order valence-electron chi connectivity index (χ2n) is 16.6. The topological polar surface area (TPSA) is 78.9 Å². The van der Waals surface area contributed by atoms with Gasteiger partial charge in [-0.05, 0) is 83.5 Å². The molecule has 0 radical (unpaired) electrons. The molecular formula is C63H92O6. The highest BCUT2D eigenvalue weighted by atomic mass is 16.6. The van der Waals surface area contributed by atoms with Gasteiger partial charge in [0.1, 0.15) is 13.2 Å². The lowest BCUT2D eigenvalue weighted by Gasteiger charge is -2.18. The van der Waals surface area contributed by atoms with Gasteiger partial charge in [0.05, 0.1) is 0 Å². The summed E-state index contributed by atoms with van der Waals surface area (Å²) >= 11 is 0. The van der Waals surface area contributed by atoms with E-state index in [0.29, 0.717) is 12.8 Å². The number of hydrogen-bond acceptors (Lipinski definition) is 6. The molecule has 0 fully saturated rings. The van der Waals surface area contributed by atoms with E-state index in [1.807, 2.05) is 128 Å². The molecule has 1 atom stereocenters. The fourth-order valence-corrected chi connectivity index (χ4v) is 6.35. The predicted molar refractivity (Wildman–Crippen MR) is 297 cm³/mol. The van der Waals surface area contributed by atoms with Crippen molar-refractivity contribution in [3.63, 3.8) is 0 Å². The number of hydrogen-bond donors (Lipinski definition) is 0. The Morgan fingerprint density at radius 1 is 0.304 bits per heavy atom. The van der Waals surface area contributed by atoms with Crippen molar-refractivity contribution in [3.8, 4) is 0 Å².